The maximum absolute atomic E-state index is 12.5. The lowest BCUT2D eigenvalue weighted by Crippen LogP contribution is -2.14. The van der Waals surface area contributed by atoms with Crippen molar-refractivity contribution in [3.05, 3.63) is 65.0 Å². The molecule has 0 unspecified atom stereocenters. The summed E-state index contributed by atoms with van der Waals surface area (Å²) in [6.45, 7) is 0. The molecule has 0 saturated heterocycles. The van der Waals surface area contributed by atoms with E-state index in [0.717, 1.165) is 16.0 Å². The highest BCUT2D eigenvalue weighted by Crippen LogP contribution is 2.19. The molecule has 21 heavy (non-hydrogen) atoms. The van der Waals surface area contributed by atoms with Crippen molar-refractivity contribution in [2.45, 2.75) is 0 Å². The summed E-state index contributed by atoms with van der Waals surface area (Å²) in [7, 11) is 1.81. The van der Waals surface area contributed by atoms with Gasteiger partial charge in [-0.15, -0.1) is 0 Å². The fraction of sp³-hybridized carbons (Fsp3) is 0.0667. The highest BCUT2D eigenvalue weighted by atomic mass is 79.9. The van der Waals surface area contributed by atoms with E-state index in [1.54, 1.807) is 10.9 Å². The molecule has 0 aliphatic carbocycles. The van der Waals surface area contributed by atoms with Gasteiger partial charge in [0.2, 0.25) is 0 Å². The number of halogens is 1. The van der Waals surface area contributed by atoms with Gasteiger partial charge in [0.25, 0.3) is 5.91 Å². The van der Waals surface area contributed by atoms with E-state index in [9.17, 15) is 4.79 Å². The molecule has 0 radical (unpaired) electrons. The van der Waals surface area contributed by atoms with Gasteiger partial charge in [-0.05, 0) is 30.3 Å². The minimum absolute atomic E-state index is 0.190. The van der Waals surface area contributed by atoms with E-state index < -0.39 is 0 Å². The molecule has 3 aromatic rings. The summed E-state index contributed by atoms with van der Waals surface area (Å²) in [6.07, 6.45) is 5.34. The minimum Gasteiger partial charge on any atom is -0.322 e. The third-order valence-corrected chi connectivity index (χ3v) is 3.58. The van der Waals surface area contributed by atoms with Gasteiger partial charge < -0.3 is 9.88 Å². The molecule has 2 aromatic heterocycles. The summed E-state index contributed by atoms with van der Waals surface area (Å²) in [5, 5.41) is 7.06. The van der Waals surface area contributed by atoms with Crippen molar-refractivity contribution in [3.63, 3.8) is 0 Å². The van der Waals surface area contributed by atoms with Crippen LogP contribution < -0.4 is 5.32 Å². The average molecular weight is 345 g/mol. The van der Waals surface area contributed by atoms with Crippen molar-refractivity contribution in [2.24, 2.45) is 7.05 Å². The number of anilines is 1. The Morgan fingerprint density at radius 2 is 2.00 bits per heavy atom. The topological polar surface area (TPSA) is 51.9 Å². The monoisotopic (exact) mass is 344 g/mol. The first-order chi connectivity index (χ1) is 10.1. The molecule has 106 valence electrons. The van der Waals surface area contributed by atoms with Gasteiger partial charge in [0.05, 0.1) is 6.20 Å². The number of hydrogen-bond donors (Lipinski definition) is 1. The molecule has 0 aliphatic rings. The van der Waals surface area contributed by atoms with Crippen LogP contribution >= 0.6 is 15.9 Å². The zero-order chi connectivity index (χ0) is 14.8. The van der Waals surface area contributed by atoms with E-state index in [4.69, 9.17) is 0 Å². The highest BCUT2D eigenvalue weighted by molar-refractivity contribution is 9.10. The van der Waals surface area contributed by atoms with E-state index in [1.165, 1.54) is 0 Å². The van der Waals surface area contributed by atoms with E-state index in [0.29, 0.717) is 5.56 Å². The first-order valence-electron chi connectivity index (χ1n) is 6.37. The second-order valence-electron chi connectivity index (χ2n) is 4.56. The molecule has 1 amide bonds. The number of aryl methyl sites for hydroxylation is 1. The standard InChI is InChI=1S/C15H13BrN4O/c1-19-15(20-7-2-3-8-20)13(10-17-19)14(21)18-12-6-4-5-11(16)9-12/h2-10H,1H3,(H,18,21). The molecule has 0 fully saturated rings. The van der Waals surface area contributed by atoms with Crippen LogP contribution in [0.25, 0.3) is 5.82 Å². The first kappa shape index (κ1) is 13.6. The SMILES string of the molecule is Cn1ncc(C(=O)Nc2cccc(Br)c2)c1-n1cccc1. The Labute approximate surface area is 130 Å². The zero-order valence-corrected chi connectivity index (χ0v) is 12.9. The Morgan fingerprint density at radius 3 is 2.71 bits per heavy atom. The van der Waals surface area contributed by atoms with Gasteiger partial charge in [-0.1, -0.05) is 22.0 Å². The van der Waals surface area contributed by atoms with Gasteiger partial charge in [0, 0.05) is 29.6 Å². The summed E-state index contributed by atoms with van der Waals surface area (Å²) in [4.78, 5) is 12.5. The number of hydrogen-bond acceptors (Lipinski definition) is 2. The normalized spacial score (nSPS) is 10.6. The van der Waals surface area contributed by atoms with Crippen molar-refractivity contribution in [2.75, 3.05) is 5.32 Å². The number of carbonyl (C=O) groups excluding carboxylic acids is 1. The van der Waals surface area contributed by atoms with Gasteiger partial charge in [-0.3, -0.25) is 9.48 Å². The van der Waals surface area contributed by atoms with Crippen LogP contribution in [0.5, 0.6) is 0 Å². The number of nitrogens with one attached hydrogen (secondary N) is 1. The van der Waals surface area contributed by atoms with Gasteiger partial charge in [0.15, 0.2) is 0 Å². The Kier molecular flexibility index (Phi) is 3.62. The lowest BCUT2D eigenvalue weighted by atomic mass is 10.2. The molecule has 1 aromatic carbocycles. The second kappa shape index (κ2) is 5.57. The van der Waals surface area contributed by atoms with E-state index in [-0.39, 0.29) is 5.91 Å². The van der Waals surface area contributed by atoms with Crippen LogP contribution in [0.15, 0.2) is 59.5 Å². The Morgan fingerprint density at radius 1 is 1.24 bits per heavy atom. The highest BCUT2D eigenvalue weighted by Gasteiger charge is 2.17. The maximum Gasteiger partial charge on any atom is 0.261 e. The van der Waals surface area contributed by atoms with Crippen molar-refractivity contribution in [1.29, 1.82) is 0 Å². The minimum atomic E-state index is -0.190. The molecule has 0 aliphatic heterocycles. The van der Waals surface area contributed by atoms with Crippen LogP contribution in [0.1, 0.15) is 10.4 Å². The fourth-order valence-corrected chi connectivity index (χ4v) is 2.54. The second-order valence-corrected chi connectivity index (χ2v) is 5.48. The molecule has 0 saturated carbocycles. The molecule has 5 nitrogen and oxygen atoms in total. The Balaban J connectivity index is 1.92. The Hall–Kier alpha value is -2.34. The lowest BCUT2D eigenvalue weighted by Gasteiger charge is -2.08. The molecule has 1 N–H and O–H groups in total. The summed E-state index contributed by atoms with van der Waals surface area (Å²) >= 11 is 3.39. The number of nitrogens with zero attached hydrogens (tertiary/aromatic N) is 3. The number of carbonyl (C=O) groups is 1. The molecule has 3 rings (SSSR count). The van der Waals surface area contributed by atoms with Gasteiger partial charge in [0.1, 0.15) is 11.4 Å². The van der Waals surface area contributed by atoms with E-state index in [2.05, 4.69) is 26.3 Å². The third-order valence-electron chi connectivity index (χ3n) is 3.08. The molecule has 0 atom stereocenters. The lowest BCUT2D eigenvalue weighted by molar-refractivity contribution is 0.102. The summed E-state index contributed by atoms with van der Waals surface area (Å²) in [5.74, 6) is 0.539. The van der Waals surface area contributed by atoms with Crippen LogP contribution in [0.3, 0.4) is 0 Å². The quantitative estimate of drug-likeness (QED) is 0.792. The van der Waals surface area contributed by atoms with E-state index >= 15 is 0 Å². The number of amides is 1. The van der Waals surface area contributed by atoms with Crippen molar-refractivity contribution < 1.29 is 4.79 Å². The zero-order valence-electron chi connectivity index (χ0n) is 11.3. The number of benzene rings is 1. The smallest absolute Gasteiger partial charge is 0.261 e. The van der Waals surface area contributed by atoms with Crippen LogP contribution in [0.2, 0.25) is 0 Å². The van der Waals surface area contributed by atoms with Crippen molar-refractivity contribution in [1.82, 2.24) is 14.3 Å². The van der Waals surface area contributed by atoms with Gasteiger partial charge >= 0.3 is 0 Å². The van der Waals surface area contributed by atoms with Gasteiger partial charge in [-0.2, -0.15) is 5.10 Å². The average Bonchev–Trinajstić information content (AvgIpc) is 3.07. The summed E-state index contributed by atoms with van der Waals surface area (Å²) in [5.41, 5.74) is 1.25. The predicted molar refractivity (Wildman–Crippen MR) is 84.6 cm³/mol. The van der Waals surface area contributed by atoms with Crippen LogP contribution in [0, 0.1) is 0 Å². The largest absolute Gasteiger partial charge is 0.322 e. The van der Waals surface area contributed by atoms with Crippen molar-refractivity contribution in [3.8, 4) is 5.82 Å². The van der Waals surface area contributed by atoms with Gasteiger partial charge in [-0.25, -0.2) is 0 Å². The van der Waals surface area contributed by atoms with Crippen LogP contribution in [0.4, 0.5) is 5.69 Å². The summed E-state index contributed by atoms with van der Waals surface area (Å²) in [6, 6.07) is 11.3. The predicted octanol–water partition coefficient (Wildman–Crippen LogP) is 3.23. The van der Waals surface area contributed by atoms with Crippen LogP contribution in [-0.4, -0.2) is 20.3 Å². The number of rotatable bonds is 3. The van der Waals surface area contributed by atoms with Crippen LogP contribution in [-0.2, 0) is 7.05 Å². The van der Waals surface area contributed by atoms with Crippen molar-refractivity contribution >= 4 is 27.5 Å². The first-order valence-corrected chi connectivity index (χ1v) is 7.17. The molecule has 2 heterocycles. The molecular weight excluding hydrogens is 332 g/mol. The molecule has 6 heteroatoms. The maximum atomic E-state index is 12.5. The molecular formula is C15H13BrN4O. The number of aromatic nitrogens is 3. The summed E-state index contributed by atoms with van der Waals surface area (Å²) < 4.78 is 4.45. The molecule has 0 spiro atoms. The Bertz CT molecular complexity index is 777. The fourth-order valence-electron chi connectivity index (χ4n) is 2.14. The third kappa shape index (κ3) is 2.75. The molecule has 0 bridgehead atoms. The van der Waals surface area contributed by atoms with E-state index in [1.807, 2.05) is 60.4 Å².